The summed E-state index contributed by atoms with van der Waals surface area (Å²) >= 11 is 0. The molecule has 0 atom stereocenters. The van der Waals surface area contributed by atoms with Crippen molar-refractivity contribution in [1.82, 2.24) is 19.4 Å². The molecule has 1 saturated heterocycles. The lowest BCUT2D eigenvalue weighted by molar-refractivity contribution is 0.182. The average molecular weight is 341 g/mol. The van der Waals surface area contributed by atoms with Gasteiger partial charge in [0, 0.05) is 37.9 Å². The second-order valence-electron chi connectivity index (χ2n) is 6.40. The number of hydrogen-bond donors (Lipinski definition) is 2. The average Bonchev–Trinajstić information content (AvgIpc) is 2.97. The number of rotatable bonds is 4. The Morgan fingerprint density at radius 1 is 1.30 bits per heavy atom. The van der Waals surface area contributed by atoms with Gasteiger partial charge >= 0.3 is 6.03 Å². The number of aromatic nitrogens is 2. The molecule has 128 valence electrons. The Morgan fingerprint density at radius 2 is 1.96 bits per heavy atom. The molecule has 1 aromatic rings. The van der Waals surface area contributed by atoms with Gasteiger partial charge in [0.2, 0.25) is 10.0 Å². The first-order chi connectivity index (χ1) is 10.8. The van der Waals surface area contributed by atoms with Crippen molar-refractivity contribution in [1.29, 1.82) is 0 Å². The molecule has 8 nitrogen and oxygen atoms in total. The summed E-state index contributed by atoms with van der Waals surface area (Å²) in [6.45, 7) is 2.34. The Kier molecular flexibility index (Phi) is 4.33. The summed E-state index contributed by atoms with van der Waals surface area (Å²) in [6, 6.07) is 1.53. The summed E-state index contributed by atoms with van der Waals surface area (Å²) in [6.07, 6.45) is 3.98. The lowest BCUT2D eigenvalue weighted by atomic mass is 10.2. The molecule has 1 aromatic heterocycles. The monoisotopic (exact) mass is 341 g/mol. The molecule has 2 N–H and O–H groups in total. The highest BCUT2D eigenvalue weighted by atomic mass is 32.2. The summed E-state index contributed by atoms with van der Waals surface area (Å²) in [5.74, 6) is 0.477. The van der Waals surface area contributed by atoms with Crippen molar-refractivity contribution in [3.8, 4) is 0 Å². The number of urea groups is 1. The number of amides is 2. The number of carbonyl (C=O) groups is 1. The first-order valence-corrected chi connectivity index (χ1v) is 9.47. The molecule has 1 saturated carbocycles. The maximum atomic E-state index is 12.3. The SMILES string of the molecule is Cc1cc(NC(=O)N2CC(S(=O)(=O)NC3CCCC3)C2)nn1C. The number of nitrogens with one attached hydrogen (secondary N) is 2. The zero-order valence-electron chi connectivity index (χ0n) is 13.4. The molecule has 2 aliphatic rings. The maximum Gasteiger partial charge on any atom is 0.323 e. The highest BCUT2D eigenvalue weighted by molar-refractivity contribution is 7.90. The molecule has 9 heteroatoms. The van der Waals surface area contributed by atoms with E-state index in [4.69, 9.17) is 0 Å². The summed E-state index contributed by atoms with van der Waals surface area (Å²) < 4.78 is 29.0. The van der Waals surface area contributed by atoms with Gasteiger partial charge in [0.25, 0.3) is 0 Å². The molecule has 0 aromatic carbocycles. The van der Waals surface area contributed by atoms with Crippen LogP contribution in [0, 0.1) is 6.92 Å². The summed E-state index contributed by atoms with van der Waals surface area (Å²) in [5.41, 5.74) is 0.935. The van der Waals surface area contributed by atoms with Gasteiger partial charge < -0.3 is 4.90 Å². The number of hydrogen-bond acceptors (Lipinski definition) is 4. The van der Waals surface area contributed by atoms with E-state index in [2.05, 4.69) is 15.1 Å². The van der Waals surface area contributed by atoms with E-state index in [0.717, 1.165) is 31.4 Å². The van der Waals surface area contributed by atoms with Crippen LogP contribution in [0.4, 0.5) is 10.6 Å². The van der Waals surface area contributed by atoms with Gasteiger partial charge in [-0.15, -0.1) is 0 Å². The van der Waals surface area contributed by atoms with Crippen LogP contribution in [0.1, 0.15) is 31.4 Å². The molecule has 1 aliphatic heterocycles. The smallest absolute Gasteiger partial charge is 0.322 e. The number of nitrogens with zero attached hydrogens (tertiary/aromatic N) is 3. The van der Waals surface area contributed by atoms with Crippen LogP contribution < -0.4 is 10.0 Å². The third-order valence-electron chi connectivity index (χ3n) is 4.61. The van der Waals surface area contributed by atoms with Crippen molar-refractivity contribution in [3.63, 3.8) is 0 Å². The minimum atomic E-state index is -3.34. The van der Waals surface area contributed by atoms with Gasteiger partial charge in [-0.2, -0.15) is 5.10 Å². The highest BCUT2D eigenvalue weighted by Gasteiger charge is 2.41. The molecule has 0 spiro atoms. The molecule has 23 heavy (non-hydrogen) atoms. The standard InChI is InChI=1S/C14H23N5O3S/c1-10-7-13(16-18(10)2)15-14(20)19-8-12(9-19)23(21,22)17-11-5-3-4-6-11/h7,11-12,17H,3-6,8-9H2,1-2H3,(H,15,16,20). The Balaban J connectivity index is 1.50. The lowest BCUT2D eigenvalue weighted by Crippen LogP contribution is -2.61. The molecule has 0 radical (unpaired) electrons. The molecule has 3 rings (SSSR count). The van der Waals surface area contributed by atoms with Crippen molar-refractivity contribution < 1.29 is 13.2 Å². The van der Waals surface area contributed by atoms with Crippen LogP contribution in [-0.2, 0) is 17.1 Å². The Labute approximate surface area is 136 Å². The van der Waals surface area contributed by atoms with E-state index in [0.29, 0.717) is 5.82 Å². The van der Waals surface area contributed by atoms with E-state index >= 15 is 0 Å². The molecule has 2 fully saturated rings. The van der Waals surface area contributed by atoms with Crippen molar-refractivity contribution in [2.75, 3.05) is 18.4 Å². The lowest BCUT2D eigenvalue weighted by Gasteiger charge is -2.38. The fourth-order valence-electron chi connectivity index (χ4n) is 2.98. The van der Waals surface area contributed by atoms with E-state index in [9.17, 15) is 13.2 Å². The zero-order valence-corrected chi connectivity index (χ0v) is 14.3. The zero-order chi connectivity index (χ0) is 16.6. The molecule has 0 unspecified atom stereocenters. The van der Waals surface area contributed by atoms with Crippen molar-refractivity contribution in [2.24, 2.45) is 7.05 Å². The normalized spacial score (nSPS) is 19.8. The summed E-state index contributed by atoms with van der Waals surface area (Å²) in [7, 11) is -1.54. The van der Waals surface area contributed by atoms with Crippen LogP contribution in [0.3, 0.4) is 0 Å². The molecular formula is C14H23N5O3S. The predicted octanol–water partition coefficient (Wildman–Crippen LogP) is 0.807. The molecule has 2 amide bonds. The van der Waals surface area contributed by atoms with Crippen LogP contribution >= 0.6 is 0 Å². The third kappa shape index (κ3) is 3.50. The first-order valence-electron chi connectivity index (χ1n) is 7.93. The second kappa shape index (κ2) is 6.12. The number of likely N-dealkylation sites (tertiary alicyclic amines) is 1. The number of aryl methyl sites for hydroxylation is 2. The number of anilines is 1. The predicted molar refractivity (Wildman–Crippen MR) is 86.6 cm³/mol. The summed E-state index contributed by atoms with van der Waals surface area (Å²) in [5, 5.41) is 6.33. The molecule has 2 heterocycles. The Hall–Kier alpha value is -1.61. The van der Waals surface area contributed by atoms with Crippen LogP contribution in [0.25, 0.3) is 0 Å². The van der Waals surface area contributed by atoms with Crippen LogP contribution in [0.2, 0.25) is 0 Å². The van der Waals surface area contributed by atoms with Crippen LogP contribution in [0.15, 0.2) is 6.07 Å². The Bertz CT molecular complexity index is 668. The highest BCUT2D eigenvalue weighted by Crippen LogP contribution is 2.22. The van der Waals surface area contributed by atoms with E-state index in [1.54, 1.807) is 17.8 Å². The van der Waals surface area contributed by atoms with E-state index in [-0.39, 0.29) is 25.2 Å². The van der Waals surface area contributed by atoms with Gasteiger partial charge in [0.1, 0.15) is 5.25 Å². The van der Waals surface area contributed by atoms with Crippen molar-refractivity contribution in [3.05, 3.63) is 11.8 Å². The molecular weight excluding hydrogens is 318 g/mol. The topological polar surface area (TPSA) is 96.3 Å². The Morgan fingerprint density at radius 3 is 2.52 bits per heavy atom. The maximum absolute atomic E-state index is 12.3. The quantitative estimate of drug-likeness (QED) is 0.847. The van der Waals surface area contributed by atoms with Gasteiger partial charge in [0.05, 0.1) is 0 Å². The van der Waals surface area contributed by atoms with E-state index < -0.39 is 15.3 Å². The van der Waals surface area contributed by atoms with Gasteiger partial charge in [-0.1, -0.05) is 12.8 Å². The largest absolute Gasteiger partial charge is 0.323 e. The van der Waals surface area contributed by atoms with Crippen LogP contribution in [0.5, 0.6) is 0 Å². The van der Waals surface area contributed by atoms with Gasteiger partial charge in [-0.3, -0.25) is 10.00 Å². The van der Waals surface area contributed by atoms with Gasteiger partial charge in [-0.05, 0) is 19.8 Å². The van der Waals surface area contributed by atoms with Crippen molar-refractivity contribution >= 4 is 21.9 Å². The first kappa shape index (κ1) is 16.3. The van der Waals surface area contributed by atoms with Gasteiger partial charge in [-0.25, -0.2) is 17.9 Å². The van der Waals surface area contributed by atoms with Crippen LogP contribution in [-0.4, -0.2) is 53.5 Å². The minimum Gasteiger partial charge on any atom is -0.322 e. The summed E-state index contributed by atoms with van der Waals surface area (Å²) in [4.78, 5) is 13.6. The molecule has 0 bridgehead atoms. The number of sulfonamides is 1. The third-order valence-corrected chi connectivity index (χ3v) is 6.45. The fourth-order valence-corrected chi connectivity index (χ4v) is 4.63. The number of carbonyl (C=O) groups excluding carboxylic acids is 1. The molecule has 1 aliphatic carbocycles. The van der Waals surface area contributed by atoms with E-state index in [1.165, 1.54) is 4.90 Å². The minimum absolute atomic E-state index is 0.0689. The van der Waals surface area contributed by atoms with E-state index in [1.807, 2.05) is 6.92 Å². The van der Waals surface area contributed by atoms with Gasteiger partial charge in [0.15, 0.2) is 5.82 Å². The van der Waals surface area contributed by atoms with Crippen molar-refractivity contribution in [2.45, 2.75) is 43.9 Å². The second-order valence-corrected chi connectivity index (χ2v) is 8.39. The fraction of sp³-hybridized carbons (Fsp3) is 0.714.